The summed E-state index contributed by atoms with van der Waals surface area (Å²) in [6.07, 6.45) is 1.48. The monoisotopic (exact) mass is 292 g/mol. The van der Waals surface area contributed by atoms with E-state index in [1.807, 2.05) is 0 Å². The number of amides is 2. The van der Waals surface area contributed by atoms with Crippen molar-refractivity contribution < 1.29 is 14.0 Å². The molecule has 1 aliphatic rings. The van der Waals surface area contributed by atoms with Gasteiger partial charge in [-0.05, 0) is 31.0 Å². The van der Waals surface area contributed by atoms with Crippen LogP contribution in [0.4, 0.5) is 4.39 Å². The molecule has 0 spiro atoms. The van der Waals surface area contributed by atoms with Gasteiger partial charge in [0.05, 0.1) is 4.88 Å². The van der Waals surface area contributed by atoms with Crippen LogP contribution in [0.3, 0.4) is 0 Å². The summed E-state index contributed by atoms with van der Waals surface area (Å²) in [6, 6.07) is 5.79. The molecular formula is C14H13FN2O2S. The Morgan fingerprint density at radius 2 is 2.30 bits per heavy atom. The van der Waals surface area contributed by atoms with Gasteiger partial charge in [0.2, 0.25) is 5.91 Å². The molecule has 1 aromatic carbocycles. The molecule has 1 aliphatic heterocycles. The summed E-state index contributed by atoms with van der Waals surface area (Å²) >= 11 is 1.23. The lowest BCUT2D eigenvalue weighted by molar-refractivity contribution is -0.124. The highest BCUT2D eigenvalue weighted by Gasteiger charge is 2.24. The van der Waals surface area contributed by atoms with Crippen molar-refractivity contribution >= 4 is 33.2 Å². The van der Waals surface area contributed by atoms with E-state index in [0.29, 0.717) is 23.2 Å². The van der Waals surface area contributed by atoms with E-state index in [0.717, 1.165) is 11.1 Å². The van der Waals surface area contributed by atoms with Gasteiger partial charge < -0.3 is 10.6 Å². The van der Waals surface area contributed by atoms with Crippen LogP contribution < -0.4 is 10.6 Å². The molecule has 104 valence electrons. The third-order valence-corrected chi connectivity index (χ3v) is 4.42. The molecule has 2 heterocycles. The summed E-state index contributed by atoms with van der Waals surface area (Å²) in [5.74, 6) is -0.822. The maximum absolute atomic E-state index is 13.6. The fourth-order valence-corrected chi connectivity index (χ4v) is 3.25. The molecule has 1 fully saturated rings. The van der Waals surface area contributed by atoms with Gasteiger partial charge in [-0.1, -0.05) is 6.07 Å². The van der Waals surface area contributed by atoms with Crippen molar-refractivity contribution in [3.05, 3.63) is 35.0 Å². The zero-order chi connectivity index (χ0) is 14.1. The van der Waals surface area contributed by atoms with E-state index >= 15 is 0 Å². The van der Waals surface area contributed by atoms with E-state index < -0.39 is 6.04 Å². The van der Waals surface area contributed by atoms with Crippen molar-refractivity contribution in [2.45, 2.75) is 18.9 Å². The van der Waals surface area contributed by atoms with Crippen LogP contribution in [0, 0.1) is 5.82 Å². The second-order valence-electron chi connectivity index (χ2n) is 4.72. The van der Waals surface area contributed by atoms with Crippen molar-refractivity contribution in [3.8, 4) is 0 Å². The Balaban J connectivity index is 1.82. The number of hydrogen-bond acceptors (Lipinski definition) is 3. The van der Waals surface area contributed by atoms with E-state index in [4.69, 9.17) is 0 Å². The summed E-state index contributed by atoms with van der Waals surface area (Å²) in [6.45, 7) is 0.652. The summed E-state index contributed by atoms with van der Waals surface area (Å²) in [7, 11) is 0. The smallest absolute Gasteiger partial charge is 0.262 e. The highest BCUT2D eigenvalue weighted by molar-refractivity contribution is 7.20. The van der Waals surface area contributed by atoms with Crippen LogP contribution in [0.5, 0.6) is 0 Å². The number of benzene rings is 1. The topological polar surface area (TPSA) is 58.2 Å². The number of carbonyl (C=O) groups is 2. The number of carbonyl (C=O) groups excluding carboxylic acids is 2. The van der Waals surface area contributed by atoms with Crippen LogP contribution in [0.1, 0.15) is 22.5 Å². The predicted molar refractivity (Wildman–Crippen MR) is 75.3 cm³/mol. The molecule has 2 aromatic rings. The first-order valence-electron chi connectivity index (χ1n) is 6.42. The molecule has 3 rings (SSSR count). The lowest BCUT2D eigenvalue weighted by Gasteiger charge is -2.22. The van der Waals surface area contributed by atoms with Crippen LogP contribution in [-0.2, 0) is 4.79 Å². The van der Waals surface area contributed by atoms with Crippen LogP contribution in [0.25, 0.3) is 10.1 Å². The normalized spacial score (nSPS) is 18.9. The molecule has 1 atom stereocenters. The number of fused-ring (bicyclic) bond motifs is 1. The van der Waals surface area contributed by atoms with Gasteiger partial charge in [0, 0.05) is 16.6 Å². The van der Waals surface area contributed by atoms with Gasteiger partial charge in [0.15, 0.2) is 0 Å². The molecule has 20 heavy (non-hydrogen) atoms. The molecule has 6 heteroatoms. The largest absolute Gasteiger partial charge is 0.354 e. The zero-order valence-electron chi connectivity index (χ0n) is 10.6. The third kappa shape index (κ3) is 2.38. The lowest BCUT2D eigenvalue weighted by Crippen LogP contribution is -2.50. The first-order chi connectivity index (χ1) is 9.65. The number of nitrogens with one attached hydrogen (secondary N) is 2. The van der Waals surface area contributed by atoms with Crippen LogP contribution in [-0.4, -0.2) is 24.4 Å². The Kier molecular flexibility index (Phi) is 3.40. The molecule has 0 saturated carbocycles. The SMILES string of the molecule is O=C(N[C@H]1CCCNC1=O)c1cc2c(F)cccc2s1. The highest BCUT2D eigenvalue weighted by Crippen LogP contribution is 2.27. The molecule has 2 N–H and O–H groups in total. The number of hydrogen-bond donors (Lipinski definition) is 2. The Morgan fingerprint density at radius 3 is 3.05 bits per heavy atom. The maximum Gasteiger partial charge on any atom is 0.262 e. The van der Waals surface area contributed by atoms with E-state index in [9.17, 15) is 14.0 Å². The van der Waals surface area contributed by atoms with Gasteiger partial charge in [0.25, 0.3) is 5.91 Å². The first-order valence-corrected chi connectivity index (χ1v) is 7.23. The summed E-state index contributed by atoms with van der Waals surface area (Å²) in [5.41, 5.74) is 0. The van der Waals surface area contributed by atoms with Crippen LogP contribution >= 0.6 is 11.3 Å². The number of halogens is 1. The lowest BCUT2D eigenvalue weighted by atomic mass is 10.1. The van der Waals surface area contributed by atoms with Gasteiger partial charge in [-0.3, -0.25) is 9.59 Å². The molecule has 1 aromatic heterocycles. The molecule has 0 unspecified atom stereocenters. The van der Waals surface area contributed by atoms with E-state index in [1.165, 1.54) is 23.5 Å². The van der Waals surface area contributed by atoms with Crippen molar-refractivity contribution in [1.29, 1.82) is 0 Å². The minimum absolute atomic E-state index is 0.156. The minimum atomic E-state index is -0.494. The van der Waals surface area contributed by atoms with E-state index in [2.05, 4.69) is 10.6 Å². The van der Waals surface area contributed by atoms with Gasteiger partial charge in [-0.15, -0.1) is 11.3 Å². The molecule has 0 radical (unpaired) electrons. The van der Waals surface area contributed by atoms with E-state index in [-0.39, 0.29) is 17.6 Å². The maximum atomic E-state index is 13.6. The second kappa shape index (κ2) is 5.20. The molecule has 2 amide bonds. The predicted octanol–water partition coefficient (Wildman–Crippen LogP) is 2.05. The zero-order valence-corrected chi connectivity index (χ0v) is 11.4. The fourth-order valence-electron chi connectivity index (χ4n) is 2.28. The molecule has 0 bridgehead atoms. The van der Waals surface area contributed by atoms with Crippen LogP contribution in [0.15, 0.2) is 24.3 Å². The van der Waals surface area contributed by atoms with Gasteiger partial charge in [-0.2, -0.15) is 0 Å². The summed E-state index contributed by atoms with van der Waals surface area (Å²) in [4.78, 5) is 24.2. The molecule has 1 saturated heterocycles. The highest BCUT2D eigenvalue weighted by atomic mass is 32.1. The Morgan fingerprint density at radius 1 is 1.45 bits per heavy atom. The van der Waals surface area contributed by atoms with Crippen molar-refractivity contribution in [1.82, 2.24) is 10.6 Å². The quantitative estimate of drug-likeness (QED) is 0.890. The van der Waals surface area contributed by atoms with E-state index in [1.54, 1.807) is 12.1 Å². The Labute approximate surface area is 119 Å². The fraction of sp³-hybridized carbons (Fsp3) is 0.286. The molecule has 0 aliphatic carbocycles. The Bertz CT molecular complexity index is 683. The number of rotatable bonds is 2. The van der Waals surface area contributed by atoms with Crippen molar-refractivity contribution in [3.63, 3.8) is 0 Å². The van der Waals surface area contributed by atoms with Crippen molar-refractivity contribution in [2.75, 3.05) is 6.54 Å². The summed E-state index contributed by atoms with van der Waals surface area (Å²) < 4.78 is 14.3. The standard InChI is InChI=1S/C14H13FN2O2S/c15-9-3-1-5-11-8(9)7-12(20-11)14(19)17-10-4-2-6-16-13(10)18/h1,3,5,7,10H,2,4,6H2,(H,16,18)(H,17,19)/t10-/m0/s1. The number of thiophene rings is 1. The average molecular weight is 292 g/mol. The summed E-state index contributed by atoms with van der Waals surface area (Å²) in [5, 5.41) is 5.86. The second-order valence-corrected chi connectivity index (χ2v) is 5.81. The van der Waals surface area contributed by atoms with Crippen LogP contribution in [0.2, 0.25) is 0 Å². The molecule has 4 nitrogen and oxygen atoms in total. The van der Waals surface area contributed by atoms with Gasteiger partial charge >= 0.3 is 0 Å². The third-order valence-electron chi connectivity index (χ3n) is 3.32. The average Bonchev–Trinajstić information content (AvgIpc) is 2.87. The Hall–Kier alpha value is -1.95. The number of piperidine rings is 1. The van der Waals surface area contributed by atoms with Gasteiger partial charge in [-0.25, -0.2) is 4.39 Å². The van der Waals surface area contributed by atoms with Gasteiger partial charge in [0.1, 0.15) is 11.9 Å². The molecular weight excluding hydrogens is 279 g/mol. The van der Waals surface area contributed by atoms with Crippen molar-refractivity contribution in [2.24, 2.45) is 0 Å². The minimum Gasteiger partial charge on any atom is -0.354 e. The first kappa shape index (κ1) is 13.1.